The molecule has 1 nitrogen and oxygen atoms in total. The van der Waals surface area contributed by atoms with Gasteiger partial charge in [0.1, 0.15) is 0 Å². The van der Waals surface area contributed by atoms with Crippen molar-refractivity contribution in [2.24, 2.45) is 11.8 Å². The summed E-state index contributed by atoms with van der Waals surface area (Å²) < 4.78 is 5.34. The van der Waals surface area contributed by atoms with E-state index in [4.69, 9.17) is 4.74 Å². The lowest BCUT2D eigenvalue weighted by Gasteiger charge is -2.24. The first kappa shape index (κ1) is 7.07. The van der Waals surface area contributed by atoms with Crippen LogP contribution in [0.5, 0.6) is 0 Å². The Labute approximate surface area is 57.4 Å². The summed E-state index contributed by atoms with van der Waals surface area (Å²) in [5.41, 5.74) is 0. The molecule has 0 aliphatic carbocycles. The second-order valence-electron chi connectivity index (χ2n) is 3.22. The molecule has 1 heterocycles. The second kappa shape index (κ2) is 3.21. The monoisotopic (exact) mass is 128 g/mol. The first-order valence-corrected chi connectivity index (χ1v) is 3.88. The zero-order chi connectivity index (χ0) is 6.69. The molecule has 1 unspecified atom stereocenters. The molecule has 0 aromatic heterocycles. The van der Waals surface area contributed by atoms with Gasteiger partial charge in [0, 0.05) is 13.2 Å². The van der Waals surface area contributed by atoms with Crippen molar-refractivity contribution in [1.29, 1.82) is 0 Å². The predicted octanol–water partition coefficient (Wildman–Crippen LogP) is 2.07. The van der Waals surface area contributed by atoms with Crippen LogP contribution in [0.3, 0.4) is 0 Å². The second-order valence-corrected chi connectivity index (χ2v) is 3.22. The molecule has 0 N–H and O–H groups in total. The van der Waals surface area contributed by atoms with Gasteiger partial charge in [-0.15, -0.1) is 0 Å². The van der Waals surface area contributed by atoms with Gasteiger partial charge in [0.25, 0.3) is 0 Å². The van der Waals surface area contributed by atoms with Crippen molar-refractivity contribution < 1.29 is 4.74 Å². The lowest BCUT2D eigenvalue weighted by Crippen LogP contribution is -2.21. The van der Waals surface area contributed by atoms with Crippen LogP contribution in [0.1, 0.15) is 26.7 Å². The first-order valence-electron chi connectivity index (χ1n) is 3.88. The average molecular weight is 128 g/mol. The first-order chi connectivity index (χ1) is 4.30. The summed E-state index contributed by atoms with van der Waals surface area (Å²) in [5, 5.41) is 0. The fraction of sp³-hybridized carbons (Fsp3) is 1.00. The Morgan fingerprint density at radius 3 is 2.56 bits per heavy atom. The van der Waals surface area contributed by atoms with Crippen molar-refractivity contribution in [1.82, 2.24) is 0 Å². The highest BCUT2D eigenvalue weighted by Gasteiger charge is 2.16. The SMILES string of the molecule is CC(C)C1CCCOC1. The number of hydrogen-bond acceptors (Lipinski definition) is 1. The molecule has 1 heteroatoms. The van der Waals surface area contributed by atoms with Crippen molar-refractivity contribution >= 4 is 0 Å². The van der Waals surface area contributed by atoms with E-state index in [0.29, 0.717) is 0 Å². The van der Waals surface area contributed by atoms with E-state index in [0.717, 1.165) is 25.0 Å². The smallest absolute Gasteiger partial charge is 0.0496 e. The van der Waals surface area contributed by atoms with Gasteiger partial charge in [-0.05, 0) is 24.7 Å². The number of hydrogen-bond donors (Lipinski definition) is 0. The van der Waals surface area contributed by atoms with Crippen LogP contribution >= 0.6 is 0 Å². The molecule has 1 aliphatic rings. The molecule has 54 valence electrons. The molecule has 0 spiro atoms. The standard InChI is InChI=1S/C8H16O/c1-7(2)8-4-3-5-9-6-8/h7-8H,3-6H2,1-2H3. The predicted molar refractivity (Wildman–Crippen MR) is 38.4 cm³/mol. The van der Waals surface area contributed by atoms with Crippen molar-refractivity contribution in [2.45, 2.75) is 26.7 Å². The minimum atomic E-state index is 0.810. The third kappa shape index (κ3) is 1.98. The van der Waals surface area contributed by atoms with Gasteiger partial charge in [-0.25, -0.2) is 0 Å². The van der Waals surface area contributed by atoms with E-state index in [-0.39, 0.29) is 0 Å². The Morgan fingerprint density at radius 2 is 2.22 bits per heavy atom. The third-order valence-electron chi connectivity index (χ3n) is 2.14. The summed E-state index contributed by atoms with van der Waals surface area (Å²) in [5.74, 6) is 1.64. The summed E-state index contributed by atoms with van der Waals surface area (Å²) in [4.78, 5) is 0. The topological polar surface area (TPSA) is 9.23 Å². The molecular weight excluding hydrogens is 112 g/mol. The van der Waals surface area contributed by atoms with Gasteiger partial charge in [0.15, 0.2) is 0 Å². The van der Waals surface area contributed by atoms with Gasteiger partial charge in [-0.2, -0.15) is 0 Å². The van der Waals surface area contributed by atoms with Crippen LogP contribution in [0, 0.1) is 11.8 Å². The fourth-order valence-electron chi connectivity index (χ4n) is 1.29. The normalized spacial score (nSPS) is 29.0. The Morgan fingerprint density at radius 1 is 1.44 bits per heavy atom. The summed E-state index contributed by atoms with van der Waals surface area (Å²) in [6.07, 6.45) is 2.64. The van der Waals surface area contributed by atoms with E-state index >= 15 is 0 Å². The van der Waals surface area contributed by atoms with E-state index < -0.39 is 0 Å². The highest BCUT2D eigenvalue weighted by atomic mass is 16.5. The third-order valence-corrected chi connectivity index (χ3v) is 2.14. The van der Waals surface area contributed by atoms with Gasteiger partial charge in [0.2, 0.25) is 0 Å². The lowest BCUT2D eigenvalue weighted by atomic mass is 9.91. The van der Waals surface area contributed by atoms with Crippen LogP contribution in [0.15, 0.2) is 0 Å². The Hall–Kier alpha value is -0.0400. The molecule has 0 saturated carbocycles. The summed E-state index contributed by atoms with van der Waals surface area (Å²) in [6, 6.07) is 0. The minimum absolute atomic E-state index is 0.810. The molecule has 1 atom stereocenters. The van der Waals surface area contributed by atoms with E-state index in [1.54, 1.807) is 0 Å². The molecular formula is C8H16O. The van der Waals surface area contributed by atoms with Gasteiger partial charge >= 0.3 is 0 Å². The summed E-state index contributed by atoms with van der Waals surface area (Å²) in [6.45, 7) is 6.54. The van der Waals surface area contributed by atoms with Crippen LogP contribution in [0.4, 0.5) is 0 Å². The van der Waals surface area contributed by atoms with Crippen molar-refractivity contribution in [2.75, 3.05) is 13.2 Å². The van der Waals surface area contributed by atoms with E-state index in [1.165, 1.54) is 12.8 Å². The van der Waals surface area contributed by atoms with Gasteiger partial charge in [0.05, 0.1) is 0 Å². The molecule has 0 bridgehead atoms. The summed E-state index contributed by atoms with van der Waals surface area (Å²) >= 11 is 0. The maximum absolute atomic E-state index is 5.34. The van der Waals surface area contributed by atoms with Gasteiger partial charge in [-0.1, -0.05) is 13.8 Å². The average Bonchev–Trinajstić information content (AvgIpc) is 1.90. The maximum Gasteiger partial charge on any atom is 0.0496 e. The maximum atomic E-state index is 5.34. The van der Waals surface area contributed by atoms with E-state index in [1.807, 2.05) is 0 Å². The Kier molecular flexibility index (Phi) is 2.52. The molecule has 0 aromatic carbocycles. The van der Waals surface area contributed by atoms with Gasteiger partial charge in [-0.3, -0.25) is 0 Å². The quantitative estimate of drug-likeness (QED) is 0.525. The minimum Gasteiger partial charge on any atom is -0.381 e. The largest absolute Gasteiger partial charge is 0.381 e. The summed E-state index contributed by atoms with van der Waals surface area (Å²) in [7, 11) is 0. The Balaban J connectivity index is 2.23. The van der Waals surface area contributed by atoms with Crippen LogP contribution in [0.25, 0.3) is 0 Å². The molecule has 9 heavy (non-hydrogen) atoms. The van der Waals surface area contributed by atoms with Crippen LogP contribution in [0.2, 0.25) is 0 Å². The molecule has 0 aromatic rings. The van der Waals surface area contributed by atoms with E-state index in [9.17, 15) is 0 Å². The number of rotatable bonds is 1. The van der Waals surface area contributed by atoms with Crippen LogP contribution in [-0.2, 0) is 4.74 Å². The van der Waals surface area contributed by atoms with Crippen molar-refractivity contribution in [3.05, 3.63) is 0 Å². The molecule has 1 rings (SSSR count). The van der Waals surface area contributed by atoms with Crippen molar-refractivity contribution in [3.63, 3.8) is 0 Å². The highest BCUT2D eigenvalue weighted by Crippen LogP contribution is 2.20. The lowest BCUT2D eigenvalue weighted by molar-refractivity contribution is 0.0373. The molecule has 1 saturated heterocycles. The Bertz CT molecular complexity index is 72.6. The van der Waals surface area contributed by atoms with Gasteiger partial charge < -0.3 is 4.74 Å². The zero-order valence-corrected chi connectivity index (χ0v) is 6.39. The zero-order valence-electron chi connectivity index (χ0n) is 6.39. The molecule has 0 amide bonds. The molecule has 1 fully saturated rings. The fourth-order valence-corrected chi connectivity index (χ4v) is 1.29. The highest BCUT2D eigenvalue weighted by molar-refractivity contribution is 4.65. The number of ether oxygens (including phenoxy) is 1. The van der Waals surface area contributed by atoms with E-state index in [2.05, 4.69) is 13.8 Å². The van der Waals surface area contributed by atoms with Crippen LogP contribution in [-0.4, -0.2) is 13.2 Å². The molecule has 0 radical (unpaired) electrons. The van der Waals surface area contributed by atoms with Crippen molar-refractivity contribution in [3.8, 4) is 0 Å². The molecule has 1 aliphatic heterocycles. The van der Waals surface area contributed by atoms with Crippen LogP contribution < -0.4 is 0 Å².